The molecule has 1 fully saturated rings. The third-order valence-corrected chi connectivity index (χ3v) is 9.12. The van der Waals surface area contributed by atoms with Crippen LogP contribution in [0.15, 0.2) is 34.7 Å². The van der Waals surface area contributed by atoms with Gasteiger partial charge in [-0.05, 0) is 41.9 Å². The summed E-state index contributed by atoms with van der Waals surface area (Å²) in [4.78, 5) is 29.5. The molecule has 180 valence electrons. The van der Waals surface area contributed by atoms with Gasteiger partial charge in [0.2, 0.25) is 5.91 Å². The van der Waals surface area contributed by atoms with Gasteiger partial charge < -0.3 is 14.5 Å². The summed E-state index contributed by atoms with van der Waals surface area (Å²) in [6.07, 6.45) is 0.733. The number of nitrogens with zero attached hydrogens (tertiary/aromatic N) is 1. The van der Waals surface area contributed by atoms with E-state index >= 15 is 0 Å². The molecule has 3 aromatic rings. The zero-order valence-corrected chi connectivity index (χ0v) is 21.3. The quantitative estimate of drug-likeness (QED) is 0.448. The molecule has 0 spiro atoms. The summed E-state index contributed by atoms with van der Waals surface area (Å²) in [5, 5.41) is 4.83. The number of thiophene rings is 1. The number of anilines is 1. The highest BCUT2D eigenvalue weighted by molar-refractivity contribution is 7.17. The van der Waals surface area contributed by atoms with Gasteiger partial charge in [-0.25, -0.2) is 4.79 Å². The minimum Gasteiger partial charge on any atom is -0.462 e. The van der Waals surface area contributed by atoms with E-state index in [9.17, 15) is 9.59 Å². The molecule has 1 aliphatic heterocycles. The van der Waals surface area contributed by atoms with Gasteiger partial charge in [0.05, 0.1) is 18.7 Å². The van der Waals surface area contributed by atoms with E-state index in [0.717, 1.165) is 40.1 Å². The normalized spacial score (nSPS) is 19.1. The van der Waals surface area contributed by atoms with E-state index in [1.54, 1.807) is 6.92 Å². The molecular formula is C27H32N2O4S. The predicted molar refractivity (Wildman–Crippen MR) is 134 cm³/mol. The van der Waals surface area contributed by atoms with Crippen molar-refractivity contribution in [2.45, 2.75) is 54.1 Å². The lowest BCUT2D eigenvalue weighted by atomic mass is 10.0. The van der Waals surface area contributed by atoms with E-state index in [4.69, 9.17) is 9.15 Å². The molecule has 34 heavy (non-hydrogen) atoms. The lowest BCUT2D eigenvalue weighted by Gasteiger charge is -2.26. The van der Waals surface area contributed by atoms with Crippen molar-refractivity contribution in [3.05, 3.63) is 52.1 Å². The Morgan fingerprint density at radius 3 is 2.62 bits per heavy atom. The molecule has 5 rings (SSSR count). The van der Waals surface area contributed by atoms with Gasteiger partial charge in [0.15, 0.2) is 0 Å². The Morgan fingerprint density at radius 2 is 1.94 bits per heavy atom. The second-order valence-electron chi connectivity index (χ2n) is 10.5. The maximum atomic E-state index is 13.2. The molecule has 0 unspecified atom stereocenters. The van der Waals surface area contributed by atoms with Gasteiger partial charge >= 0.3 is 5.97 Å². The Kier molecular flexibility index (Phi) is 5.60. The minimum absolute atomic E-state index is 0.0155. The Bertz CT molecular complexity index is 1220. The van der Waals surface area contributed by atoms with Gasteiger partial charge in [0.1, 0.15) is 16.3 Å². The van der Waals surface area contributed by atoms with Gasteiger partial charge in [-0.1, -0.05) is 45.9 Å². The van der Waals surface area contributed by atoms with Gasteiger partial charge in [0, 0.05) is 29.3 Å². The molecule has 1 aliphatic carbocycles. The van der Waals surface area contributed by atoms with E-state index in [1.165, 1.54) is 11.3 Å². The van der Waals surface area contributed by atoms with Crippen molar-refractivity contribution >= 4 is 39.2 Å². The van der Waals surface area contributed by atoms with Gasteiger partial charge in [-0.2, -0.15) is 0 Å². The van der Waals surface area contributed by atoms with Gasteiger partial charge in [0.25, 0.3) is 0 Å². The lowest BCUT2D eigenvalue weighted by molar-refractivity contribution is -0.118. The van der Waals surface area contributed by atoms with E-state index in [2.05, 4.69) is 50.0 Å². The van der Waals surface area contributed by atoms with Crippen LogP contribution in [-0.2, 0) is 29.0 Å². The Hall–Kier alpha value is -2.64. The van der Waals surface area contributed by atoms with Crippen LogP contribution in [0, 0.1) is 16.7 Å². The van der Waals surface area contributed by atoms with Crippen LogP contribution in [0.25, 0.3) is 11.0 Å². The fraction of sp³-hybridized carbons (Fsp3) is 0.481. The molecule has 2 aromatic heterocycles. The second-order valence-corrected chi connectivity index (χ2v) is 11.6. The highest BCUT2D eigenvalue weighted by atomic mass is 32.1. The lowest BCUT2D eigenvalue weighted by Crippen LogP contribution is -2.29. The number of hydrogen-bond donors (Lipinski definition) is 1. The smallest absolute Gasteiger partial charge is 0.341 e. The number of amides is 1. The number of ether oxygens (including phenoxy) is 1. The van der Waals surface area contributed by atoms with Crippen LogP contribution in [0.1, 0.15) is 61.2 Å². The number of carbonyl (C=O) groups excluding carboxylic acids is 2. The van der Waals surface area contributed by atoms with E-state index < -0.39 is 0 Å². The SMILES string of the molecule is CCOC(=O)c1c(NC(=O)C2C(C)(C)C2(C)C)sc2c1CCN(Cc1cc3ccccc3o1)C2. The molecule has 1 aromatic carbocycles. The topological polar surface area (TPSA) is 71.8 Å². The molecule has 6 nitrogen and oxygen atoms in total. The zero-order valence-electron chi connectivity index (χ0n) is 20.5. The highest BCUT2D eigenvalue weighted by Crippen LogP contribution is 2.68. The predicted octanol–water partition coefficient (Wildman–Crippen LogP) is 5.85. The van der Waals surface area contributed by atoms with Crippen LogP contribution in [0.5, 0.6) is 0 Å². The van der Waals surface area contributed by atoms with Crippen molar-refractivity contribution in [2.24, 2.45) is 16.7 Å². The molecule has 7 heteroatoms. The molecule has 0 bridgehead atoms. The molecule has 1 amide bonds. The third kappa shape index (κ3) is 3.75. The highest BCUT2D eigenvalue weighted by Gasteiger charge is 2.68. The fourth-order valence-corrected chi connectivity index (χ4v) is 6.75. The summed E-state index contributed by atoms with van der Waals surface area (Å²) < 4.78 is 11.4. The average molecular weight is 481 g/mol. The van der Waals surface area contributed by atoms with Crippen LogP contribution >= 0.6 is 11.3 Å². The number of rotatable bonds is 6. The third-order valence-electron chi connectivity index (χ3n) is 7.99. The van der Waals surface area contributed by atoms with Crippen molar-refractivity contribution in [1.82, 2.24) is 4.90 Å². The number of carbonyl (C=O) groups is 2. The number of hydrogen-bond acceptors (Lipinski definition) is 6. The van der Waals surface area contributed by atoms with Crippen LogP contribution in [0.3, 0.4) is 0 Å². The summed E-state index contributed by atoms with van der Waals surface area (Å²) in [6.45, 7) is 12.8. The van der Waals surface area contributed by atoms with E-state index in [-0.39, 0.29) is 28.6 Å². The molecular weight excluding hydrogens is 448 g/mol. The summed E-state index contributed by atoms with van der Waals surface area (Å²) in [5.74, 6) is 0.478. The standard InChI is InChI=1S/C27H32N2O4S/c1-6-32-25(31)21-18-11-12-29(14-17-13-16-9-7-8-10-19(16)33-17)15-20(18)34-24(21)28-23(30)22-26(2,3)27(22,4)5/h7-10,13,22H,6,11-12,14-15H2,1-5H3,(H,28,30). The first-order valence-corrected chi connectivity index (χ1v) is 12.8. The van der Waals surface area contributed by atoms with E-state index in [0.29, 0.717) is 30.3 Å². The van der Waals surface area contributed by atoms with Crippen LogP contribution in [0.4, 0.5) is 5.00 Å². The van der Waals surface area contributed by atoms with Crippen LogP contribution in [0.2, 0.25) is 0 Å². The van der Waals surface area contributed by atoms with Crippen LogP contribution < -0.4 is 5.32 Å². The largest absolute Gasteiger partial charge is 0.462 e. The number of para-hydroxylation sites is 1. The Balaban J connectivity index is 1.38. The number of esters is 1. The summed E-state index contributed by atoms with van der Waals surface area (Å²) >= 11 is 1.50. The maximum absolute atomic E-state index is 13.2. The first kappa shape index (κ1) is 23.1. The molecule has 0 radical (unpaired) electrons. The number of fused-ring (bicyclic) bond motifs is 2. The molecule has 2 aliphatic rings. The Labute approximate surface area is 204 Å². The first-order chi connectivity index (χ1) is 16.1. The summed E-state index contributed by atoms with van der Waals surface area (Å²) in [7, 11) is 0. The molecule has 1 saturated carbocycles. The molecule has 0 atom stereocenters. The molecule has 1 N–H and O–H groups in total. The van der Waals surface area contributed by atoms with Crippen molar-refractivity contribution in [1.29, 1.82) is 0 Å². The Morgan fingerprint density at radius 1 is 1.21 bits per heavy atom. The van der Waals surface area contributed by atoms with Crippen molar-refractivity contribution < 1.29 is 18.7 Å². The number of nitrogens with one attached hydrogen (secondary N) is 1. The van der Waals surface area contributed by atoms with Gasteiger partial charge in [-0.3, -0.25) is 9.69 Å². The van der Waals surface area contributed by atoms with Crippen molar-refractivity contribution in [2.75, 3.05) is 18.5 Å². The summed E-state index contributed by atoms with van der Waals surface area (Å²) in [6, 6.07) is 10.1. The average Bonchev–Trinajstić information content (AvgIpc) is 3.12. The minimum atomic E-state index is -0.352. The van der Waals surface area contributed by atoms with Gasteiger partial charge in [-0.15, -0.1) is 11.3 Å². The number of furan rings is 1. The van der Waals surface area contributed by atoms with Crippen LogP contribution in [-0.4, -0.2) is 29.9 Å². The van der Waals surface area contributed by atoms with E-state index in [1.807, 2.05) is 18.2 Å². The first-order valence-electron chi connectivity index (χ1n) is 12.0. The summed E-state index contributed by atoms with van der Waals surface area (Å²) in [5.41, 5.74) is 2.30. The van der Waals surface area contributed by atoms with Crippen molar-refractivity contribution in [3.63, 3.8) is 0 Å². The maximum Gasteiger partial charge on any atom is 0.341 e. The molecule has 3 heterocycles. The monoisotopic (exact) mass is 480 g/mol. The second kappa shape index (κ2) is 8.24. The van der Waals surface area contributed by atoms with Crippen molar-refractivity contribution in [3.8, 4) is 0 Å². The fourth-order valence-electron chi connectivity index (χ4n) is 5.47. The zero-order chi connectivity index (χ0) is 24.3. The molecule has 0 saturated heterocycles. The number of benzene rings is 1.